The number of nitro benzene ring substituents is 1. The monoisotopic (exact) mass is 234 g/mol. The molecule has 0 saturated heterocycles. The summed E-state index contributed by atoms with van der Waals surface area (Å²) >= 11 is 0. The maximum absolute atomic E-state index is 11.6. The zero-order chi connectivity index (χ0) is 12.6. The SMILES string of the molecule is CC[C@]1(C)CC(=O)Nc2ccc([N+](=O)[O-])cc21. The average Bonchev–Trinajstić information content (AvgIpc) is 2.28. The quantitative estimate of drug-likeness (QED) is 0.631. The minimum Gasteiger partial charge on any atom is -0.326 e. The van der Waals surface area contributed by atoms with E-state index in [1.54, 1.807) is 12.1 Å². The normalized spacial score (nSPS) is 22.8. The van der Waals surface area contributed by atoms with E-state index in [4.69, 9.17) is 0 Å². The number of nitro groups is 1. The maximum atomic E-state index is 11.6. The van der Waals surface area contributed by atoms with Gasteiger partial charge in [-0.15, -0.1) is 0 Å². The van der Waals surface area contributed by atoms with Gasteiger partial charge in [0, 0.05) is 29.7 Å². The molecule has 1 aromatic rings. The van der Waals surface area contributed by atoms with Gasteiger partial charge < -0.3 is 5.32 Å². The molecule has 1 heterocycles. The molecule has 5 nitrogen and oxygen atoms in total. The Morgan fingerprint density at radius 3 is 2.82 bits per heavy atom. The second-order valence-corrected chi connectivity index (χ2v) is 4.63. The van der Waals surface area contributed by atoms with Crippen LogP contribution in [0.25, 0.3) is 0 Å². The third kappa shape index (κ3) is 1.88. The molecule has 1 aliphatic rings. The van der Waals surface area contributed by atoms with Gasteiger partial charge >= 0.3 is 0 Å². The van der Waals surface area contributed by atoms with Gasteiger partial charge in [-0.05, 0) is 18.1 Å². The van der Waals surface area contributed by atoms with E-state index in [9.17, 15) is 14.9 Å². The molecule has 0 bridgehead atoms. The number of carbonyl (C=O) groups is 1. The Bertz CT molecular complexity index is 499. The molecule has 0 saturated carbocycles. The molecule has 0 aliphatic carbocycles. The fourth-order valence-electron chi connectivity index (χ4n) is 2.21. The highest BCUT2D eigenvalue weighted by Gasteiger charge is 2.35. The fourth-order valence-corrected chi connectivity index (χ4v) is 2.21. The van der Waals surface area contributed by atoms with Crippen molar-refractivity contribution < 1.29 is 9.72 Å². The number of carbonyl (C=O) groups excluding carboxylic acids is 1. The van der Waals surface area contributed by atoms with E-state index in [2.05, 4.69) is 5.32 Å². The number of amides is 1. The van der Waals surface area contributed by atoms with Crippen molar-refractivity contribution in [1.82, 2.24) is 0 Å². The first-order valence-corrected chi connectivity index (χ1v) is 5.55. The van der Waals surface area contributed by atoms with Crippen molar-refractivity contribution in [2.45, 2.75) is 32.1 Å². The Labute approximate surface area is 99.0 Å². The van der Waals surface area contributed by atoms with Gasteiger partial charge in [-0.3, -0.25) is 14.9 Å². The van der Waals surface area contributed by atoms with Crippen LogP contribution in [0.5, 0.6) is 0 Å². The molecule has 90 valence electrons. The number of hydrogen-bond acceptors (Lipinski definition) is 3. The summed E-state index contributed by atoms with van der Waals surface area (Å²) in [6.07, 6.45) is 1.15. The third-order valence-electron chi connectivity index (χ3n) is 3.47. The van der Waals surface area contributed by atoms with E-state index in [1.807, 2.05) is 13.8 Å². The number of benzene rings is 1. The van der Waals surface area contributed by atoms with Crippen molar-refractivity contribution >= 4 is 17.3 Å². The first-order chi connectivity index (χ1) is 7.96. The summed E-state index contributed by atoms with van der Waals surface area (Å²) in [4.78, 5) is 21.9. The molecule has 5 heteroatoms. The molecule has 1 amide bonds. The van der Waals surface area contributed by atoms with E-state index in [-0.39, 0.29) is 17.0 Å². The molecule has 2 rings (SSSR count). The lowest BCUT2D eigenvalue weighted by molar-refractivity contribution is -0.385. The number of anilines is 1. The van der Waals surface area contributed by atoms with Crippen LogP contribution in [-0.4, -0.2) is 10.8 Å². The molecule has 0 aromatic heterocycles. The summed E-state index contributed by atoms with van der Waals surface area (Å²) in [6.45, 7) is 3.95. The minimum atomic E-state index is -0.410. The van der Waals surface area contributed by atoms with Crippen molar-refractivity contribution in [3.05, 3.63) is 33.9 Å². The summed E-state index contributed by atoms with van der Waals surface area (Å²) < 4.78 is 0. The van der Waals surface area contributed by atoms with Gasteiger partial charge in [0.1, 0.15) is 0 Å². The number of nitrogens with one attached hydrogen (secondary N) is 1. The third-order valence-corrected chi connectivity index (χ3v) is 3.47. The molecule has 1 aromatic carbocycles. The molecule has 0 fully saturated rings. The lowest BCUT2D eigenvalue weighted by atomic mass is 9.74. The van der Waals surface area contributed by atoms with Crippen LogP contribution in [-0.2, 0) is 10.2 Å². The van der Waals surface area contributed by atoms with Gasteiger partial charge in [-0.1, -0.05) is 13.8 Å². The van der Waals surface area contributed by atoms with Crippen LogP contribution in [0.4, 0.5) is 11.4 Å². The first kappa shape index (κ1) is 11.6. The molecule has 0 radical (unpaired) electrons. The van der Waals surface area contributed by atoms with Gasteiger partial charge in [0.15, 0.2) is 0 Å². The van der Waals surface area contributed by atoms with Crippen LogP contribution in [0.15, 0.2) is 18.2 Å². The van der Waals surface area contributed by atoms with Gasteiger partial charge in [-0.2, -0.15) is 0 Å². The molecule has 1 N–H and O–H groups in total. The summed E-state index contributed by atoms with van der Waals surface area (Å²) in [6, 6.07) is 4.59. The Morgan fingerprint density at radius 1 is 1.53 bits per heavy atom. The largest absolute Gasteiger partial charge is 0.326 e. The van der Waals surface area contributed by atoms with Gasteiger partial charge in [0.05, 0.1) is 4.92 Å². The van der Waals surface area contributed by atoms with Crippen molar-refractivity contribution in [2.24, 2.45) is 0 Å². The van der Waals surface area contributed by atoms with Crippen LogP contribution in [0, 0.1) is 10.1 Å². The molecule has 0 spiro atoms. The van der Waals surface area contributed by atoms with Crippen LogP contribution < -0.4 is 5.32 Å². The van der Waals surface area contributed by atoms with E-state index >= 15 is 0 Å². The van der Waals surface area contributed by atoms with Gasteiger partial charge in [0.2, 0.25) is 5.91 Å². The Morgan fingerprint density at radius 2 is 2.24 bits per heavy atom. The van der Waals surface area contributed by atoms with E-state index in [1.165, 1.54) is 6.07 Å². The van der Waals surface area contributed by atoms with Crippen LogP contribution in [0.2, 0.25) is 0 Å². The predicted octanol–water partition coefficient (Wildman–Crippen LogP) is 2.60. The standard InChI is InChI=1S/C12H14N2O3/c1-3-12(2)7-11(15)13-10-5-4-8(14(16)17)6-9(10)12/h4-6H,3,7H2,1-2H3,(H,13,15)/t12-/m1/s1. The number of fused-ring (bicyclic) bond motifs is 1. The van der Waals surface area contributed by atoms with Crippen LogP contribution in [0.1, 0.15) is 32.3 Å². The number of nitrogens with zero attached hydrogens (tertiary/aromatic N) is 1. The number of rotatable bonds is 2. The molecular formula is C12H14N2O3. The highest BCUT2D eigenvalue weighted by atomic mass is 16.6. The van der Waals surface area contributed by atoms with Crippen LogP contribution >= 0.6 is 0 Å². The summed E-state index contributed by atoms with van der Waals surface area (Å²) in [5, 5.41) is 13.5. The molecule has 17 heavy (non-hydrogen) atoms. The number of non-ortho nitro benzene ring substituents is 1. The summed E-state index contributed by atoms with van der Waals surface area (Å²) in [5.41, 5.74) is 1.30. The lowest BCUT2D eigenvalue weighted by Gasteiger charge is -2.34. The Kier molecular flexibility index (Phi) is 2.61. The molecule has 1 aliphatic heterocycles. The predicted molar refractivity (Wildman–Crippen MR) is 64.0 cm³/mol. The van der Waals surface area contributed by atoms with E-state index in [0.717, 1.165) is 12.0 Å². The molecule has 0 unspecified atom stereocenters. The van der Waals surface area contributed by atoms with E-state index in [0.29, 0.717) is 12.1 Å². The topological polar surface area (TPSA) is 72.2 Å². The van der Waals surface area contributed by atoms with Crippen molar-refractivity contribution in [3.8, 4) is 0 Å². The second kappa shape index (κ2) is 3.84. The van der Waals surface area contributed by atoms with Crippen molar-refractivity contribution in [3.63, 3.8) is 0 Å². The minimum absolute atomic E-state index is 0.0318. The zero-order valence-electron chi connectivity index (χ0n) is 9.82. The van der Waals surface area contributed by atoms with E-state index < -0.39 is 4.92 Å². The Hall–Kier alpha value is -1.91. The number of hydrogen-bond donors (Lipinski definition) is 1. The smallest absolute Gasteiger partial charge is 0.269 e. The lowest BCUT2D eigenvalue weighted by Crippen LogP contribution is -2.34. The van der Waals surface area contributed by atoms with Crippen molar-refractivity contribution in [1.29, 1.82) is 0 Å². The summed E-state index contributed by atoms with van der Waals surface area (Å²) in [7, 11) is 0. The zero-order valence-corrected chi connectivity index (χ0v) is 9.82. The van der Waals surface area contributed by atoms with Gasteiger partial charge in [0.25, 0.3) is 5.69 Å². The maximum Gasteiger partial charge on any atom is 0.269 e. The fraction of sp³-hybridized carbons (Fsp3) is 0.417. The highest BCUT2D eigenvalue weighted by Crippen LogP contribution is 2.41. The second-order valence-electron chi connectivity index (χ2n) is 4.63. The summed E-state index contributed by atoms with van der Waals surface area (Å²) in [5.74, 6) is -0.0318. The van der Waals surface area contributed by atoms with Gasteiger partial charge in [-0.25, -0.2) is 0 Å². The average molecular weight is 234 g/mol. The highest BCUT2D eigenvalue weighted by molar-refractivity contribution is 5.95. The molecule has 1 atom stereocenters. The molecular weight excluding hydrogens is 220 g/mol. The van der Waals surface area contributed by atoms with Crippen molar-refractivity contribution in [2.75, 3.05) is 5.32 Å². The Balaban J connectivity index is 2.58. The van der Waals surface area contributed by atoms with Crippen LogP contribution in [0.3, 0.4) is 0 Å². The first-order valence-electron chi connectivity index (χ1n) is 5.55.